The van der Waals surface area contributed by atoms with Crippen molar-refractivity contribution in [1.82, 2.24) is 10.6 Å². The normalized spacial score (nSPS) is 10.3. The Hall–Kier alpha value is -2.18. The van der Waals surface area contributed by atoms with Gasteiger partial charge < -0.3 is 15.4 Å². The smallest absolute Gasteiger partial charge is 0.252 e. The molecule has 6 heteroatoms. The predicted octanol–water partition coefficient (Wildman–Crippen LogP) is 2.33. The van der Waals surface area contributed by atoms with Gasteiger partial charge in [-0.2, -0.15) is 11.3 Å². The Labute approximate surface area is 139 Å². The number of rotatable bonds is 8. The molecule has 2 aromatic rings. The predicted molar refractivity (Wildman–Crippen MR) is 90.3 cm³/mol. The second-order valence-electron chi connectivity index (χ2n) is 4.93. The maximum atomic E-state index is 11.8. The fraction of sp³-hybridized carbons (Fsp3) is 0.294. The number of benzene rings is 1. The summed E-state index contributed by atoms with van der Waals surface area (Å²) in [5, 5.41) is 8.96. The number of amides is 2. The van der Waals surface area contributed by atoms with E-state index in [1.165, 1.54) is 11.3 Å². The van der Waals surface area contributed by atoms with E-state index >= 15 is 0 Å². The van der Waals surface area contributed by atoms with Crippen LogP contribution in [0.3, 0.4) is 0 Å². The van der Waals surface area contributed by atoms with Crippen LogP contribution in [0.4, 0.5) is 0 Å². The van der Waals surface area contributed by atoms with E-state index in [9.17, 15) is 9.59 Å². The monoisotopic (exact) mass is 332 g/mol. The highest BCUT2D eigenvalue weighted by Gasteiger charge is 2.08. The van der Waals surface area contributed by atoms with Crippen LogP contribution in [0.2, 0.25) is 0 Å². The van der Waals surface area contributed by atoms with Crippen molar-refractivity contribution in [3.63, 3.8) is 0 Å². The summed E-state index contributed by atoms with van der Waals surface area (Å²) >= 11 is 1.44. The van der Waals surface area contributed by atoms with Crippen molar-refractivity contribution in [2.45, 2.75) is 20.1 Å². The van der Waals surface area contributed by atoms with Crippen LogP contribution in [-0.4, -0.2) is 25.0 Å². The quantitative estimate of drug-likeness (QED) is 0.780. The zero-order chi connectivity index (χ0) is 16.5. The zero-order valence-electron chi connectivity index (χ0n) is 13.0. The van der Waals surface area contributed by atoms with E-state index in [1.807, 2.05) is 36.6 Å². The minimum Gasteiger partial charge on any atom is -0.377 e. The first-order valence-corrected chi connectivity index (χ1v) is 8.36. The summed E-state index contributed by atoms with van der Waals surface area (Å²) in [6.07, 6.45) is 0. The average molecular weight is 332 g/mol. The molecule has 0 bridgehead atoms. The summed E-state index contributed by atoms with van der Waals surface area (Å²) in [6, 6.07) is 9.59. The van der Waals surface area contributed by atoms with Gasteiger partial charge in [-0.3, -0.25) is 9.59 Å². The number of thiophene rings is 1. The Morgan fingerprint density at radius 3 is 2.74 bits per heavy atom. The third kappa shape index (κ3) is 5.84. The van der Waals surface area contributed by atoms with Crippen molar-refractivity contribution in [1.29, 1.82) is 0 Å². The molecule has 2 amide bonds. The summed E-state index contributed by atoms with van der Waals surface area (Å²) in [5.41, 5.74) is 2.65. The van der Waals surface area contributed by atoms with Gasteiger partial charge in [-0.05, 0) is 29.5 Å². The molecule has 0 aliphatic rings. The minimum atomic E-state index is -0.236. The van der Waals surface area contributed by atoms with Gasteiger partial charge in [0.2, 0.25) is 5.91 Å². The zero-order valence-corrected chi connectivity index (χ0v) is 13.8. The molecule has 23 heavy (non-hydrogen) atoms. The molecular weight excluding hydrogens is 312 g/mol. The Bertz CT molecular complexity index is 641. The number of carbonyl (C=O) groups excluding carboxylic acids is 2. The Morgan fingerprint density at radius 2 is 2.00 bits per heavy atom. The number of hydrogen-bond donors (Lipinski definition) is 2. The molecule has 0 radical (unpaired) electrons. The Morgan fingerprint density at radius 1 is 1.17 bits per heavy atom. The van der Waals surface area contributed by atoms with Crippen LogP contribution in [0.15, 0.2) is 41.1 Å². The molecule has 2 N–H and O–H groups in total. The summed E-state index contributed by atoms with van der Waals surface area (Å²) in [7, 11) is 0. The van der Waals surface area contributed by atoms with E-state index in [2.05, 4.69) is 10.6 Å². The van der Waals surface area contributed by atoms with Crippen LogP contribution in [0.25, 0.3) is 0 Å². The first-order valence-electron chi connectivity index (χ1n) is 7.41. The van der Waals surface area contributed by atoms with Gasteiger partial charge >= 0.3 is 0 Å². The topological polar surface area (TPSA) is 67.4 Å². The van der Waals surface area contributed by atoms with Crippen LogP contribution in [0.5, 0.6) is 0 Å². The largest absolute Gasteiger partial charge is 0.377 e. The Balaban J connectivity index is 1.74. The van der Waals surface area contributed by atoms with Crippen LogP contribution in [-0.2, 0) is 22.7 Å². The van der Waals surface area contributed by atoms with Crippen molar-refractivity contribution < 1.29 is 14.3 Å². The molecule has 0 fully saturated rings. The molecule has 1 aromatic heterocycles. The third-order valence-electron chi connectivity index (χ3n) is 3.15. The molecule has 0 aliphatic heterocycles. The molecule has 0 aliphatic carbocycles. The molecule has 2 rings (SSSR count). The van der Waals surface area contributed by atoms with Gasteiger partial charge in [-0.15, -0.1) is 0 Å². The van der Waals surface area contributed by atoms with Crippen molar-refractivity contribution in [2.75, 3.05) is 13.2 Å². The van der Waals surface area contributed by atoms with E-state index < -0.39 is 0 Å². The maximum absolute atomic E-state index is 11.8. The summed E-state index contributed by atoms with van der Waals surface area (Å²) in [5.74, 6) is -0.455. The van der Waals surface area contributed by atoms with Gasteiger partial charge in [-0.1, -0.05) is 24.3 Å². The molecule has 5 nitrogen and oxygen atoms in total. The van der Waals surface area contributed by atoms with Crippen molar-refractivity contribution in [3.05, 3.63) is 57.8 Å². The second kappa shape index (κ2) is 9.07. The number of nitrogens with one attached hydrogen (secondary N) is 2. The van der Waals surface area contributed by atoms with E-state index in [1.54, 1.807) is 11.4 Å². The SMILES string of the molecule is CCOCc1cccc(CNC(=O)CNC(=O)c2ccsc2)c1. The van der Waals surface area contributed by atoms with E-state index in [4.69, 9.17) is 4.74 Å². The average Bonchev–Trinajstić information content (AvgIpc) is 3.11. The Kier molecular flexibility index (Phi) is 6.77. The van der Waals surface area contributed by atoms with Crippen LogP contribution in [0, 0.1) is 0 Å². The lowest BCUT2D eigenvalue weighted by molar-refractivity contribution is -0.120. The highest BCUT2D eigenvalue weighted by Crippen LogP contribution is 2.07. The highest BCUT2D eigenvalue weighted by atomic mass is 32.1. The van der Waals surface area contributed by atoms with Gasteiger partial charge in [0, 0.05) is 24.1 Å². The van der Waals surface area contributed by atoms with E-state index in [0.29, 0.717) is 25.3 Å². The summed E-state index contributed by atoms with van der Waals surface area (Å²) in [4.78, 5) is 23.5. The number of carbonyl (C=O) groups is 2. The lowest BCUT2D eigenvalue weighted by atomic mass is 10.1. The number of ether oxygens (including phenoxy) is 1. The molecular formula is C17H20N2O3S. The van der Waals surface area contributed by atoms with Gasteiger partial charge in [0.1, 0.15) is 0 Å². The fourth-order valence-electron chi connectivity index (χ4n) is 1.97. The summed E-state index contributed by atoms with van der Waals surface area (Å²) in [6.45, 7) is 3.58. The molecule has 0 saturated heterocycles. The molecule has 1 aromatic carbocycles. The van der Waals surface area contributed by atoms with Crippen molar-refractivity contribution in [3.8, 4) is 0 Å². The second-order valence-corrected chi connectivity index (χ2v) is 5.71. The molecule has 1 heterocycles. The molecule has 0 saturated carbocycles. The third-order valence-corrected chi connectivity index (χ3v) is 3.83. The standard InChI is InChI=1S/C17H20N2O3S/c1-2-22-11-14-5-3-4-13(8-14)9-18-16(20)10-19-17(21)15-6-7-23-12-15/h3-8,12H,2,9-11H2,1H3,(H,18,20)(H,19,21). The van der Waals surface area contributed by atoms with Crippen LogP contribution < -0.4 is 10.6 Å². The van der Waals surface area contributed by atoms with Gasteiger partial charge in [0.15, 0.2) is 0 Å². The van der Waals surface area contributed by atoms with Crippen LogP contribution in [0.1, 0.15) is 28.4 Å². The highest BCUT2D eigenvalue weighted by molar-refractivity contribution is 7.08. The molecule has 0 unspecified atom stereocenters. The first-order chi connectivity index (χ1) is 11.2. The maximum Gasteiger partial charge on any atom is 0.252 e. The van der Waals surface area contributed by atoms with Crippen LogP contribution >= 0.6 is 11.3 Å². The molecule has 0 spiro atoms. The number of hydrogen-bond acceptors (Lipinski definition) is 4. The first kappa shape index (κ1) is 17.2. The lowest BCUT2D eigenvalue weighted by Crippen LogP contribution is -2.36. The molecule has 0 atom stereocenters. The molecule has 122 valence electrons. The van der Waals surface area contributed by atoms with Crippen molar-refractivity contribution in [2.24, 2.45) is 0 Å². The minimum absolute atomic E-state index is 0.0344. The van der Waals surface area contributed by atoms with Gasteiger partial charge in [0.25, 0.3) is 5.91 Å². The summed E-state index contributed by atoms with van der Waals surface area (Å²) < 4.78 is 5.37. The van der Waals surface area contributed by atoms with Gasteiger partial charge in [-0.25, -0.2) is 0 Å². The van der Waals surface area contributed by atoms with E-state index in [-0.39, 0.29) is 18.4 Å². The van der Waals surface area contributed by atoms with Gasteiger partial charge in [0.05, 0.1) is 13.2 Å². The lowest BCUT2D eigenvalue weighted by Gasteiger charge is -2.08. The van der Waals surface area contributed by atoms with Crippen molar-refractivity contribution >= 4 is 23.2 Å². The fourth-order valence-corrected chi connectivity index (χ4v) is 2.60. The van der Waals surface area contributed by atoms with E-state index in [0.717, 1.165) is 11.1 Å².